The first-order chi connectivity index (χ1) is 13.7. The van der Waals surface area contributed by atoms with Crippen molar-refractivity contribution in [3.8, 4) is 11.5 Å². The van der Waals surface area contributed by atoms with E-state index in [0.717, 1.165) is 24.0 Å². The summed E-state index contributed by atoms with van der Waals surface area (Å²) in [5.41, 5.74) is 2.24. The molecule has 1 aromatic carbocycles. The molecule has 0 amide bonds. The van der Waals surface area contributed by atoms with E-state index in [-0.39, 0.29) is 11.5 Å². The van der Waals surface area contributed by atoms with Crippen molar-refractivity contribution in [3.05, 3.63) is 41.3 Å². The van der Waals surface area contributed by atoms with Crippen LogP contribution in [-0.4, -0.2) is 24.9 Å². The minimum absolute atomic E-state index is 0.184. The number of hydrogen-bond donors (Lipinski definition) is 0. The summed E-state index contributed by atoms with van der Waals surface area (Å²) in [7, 11) is -3.59. The highest BCUT2D eigenvalue weighted by molar-refractivity contribution is 7.91. The zero-order chi connectivity index (χ0) is 21.2. The van der Waals surface area contributed by atoms with Crippen LogP contribution in [-0.2, 0) is 20.4 Å². The maximum absolute atomic E-state index is 12.7. The number of oxazole rings is 1. The van der Waals surface area contributed by atoms with Gasteiger partial charge >= 0.3 is 0 Å². The minimum Gasteiger partial charge on any atom is -0.441 e. The van der Waals surface area contributed by atoms with Crippen LogP contribution in [0.4, 0.5) is 0 Å². The second-order valence-electron chi connectivity index (χ2n) is 8.64. The molecule has 6 heteroatoms. The lowest BCUT2D eigenvalue weighted by Gasteiger charge is -2.33. The molecule has 3 atom stereocenters. The number of ketones is 1. The van der Waals surface area contributed by atoms with E-state index in [4.69, 9.17) is 4.42 Å². The molecule has 3 rings (SSSR count). The van der Waals surface area contributed by atoms with Crippen LogP contribution in [0.15, 0.2) is 28.7 Å². The van der Waals surface area contributed by atoms with E-state index in [1.54, 1.807) is 6.92 Å². The second-order valence-corrected chi connectivity index (χ2v) is 10.7. The van der Waals surface area contributed by atoms with E-state index in [1.807, 2.05) is 31.2 Å². The molecule has 1 fully saturated rings. The quantitative estimate of drug-likeness (QED) is 0.640. The molecule has 1 heterocycles. The Morgan fingerprint density at radius 3 is 2.62 bits per heavy atom. The van der Waals surface area contributed by atoms with Crippen molar-refractivity contribution in [2.24, 2.45) is 17.8 Å². The van der Waals surface area contributed by atoms with Gasteiger partial charge in [0.1, 0.15) is 17.3 Å². The standard InChI is InChI=1S/C23H31NO4S/c1-15-9-7-10-19(17(15)3)12-20(25)13-29(26,27)14-22-18(4)28-23(24-22)21-11-6-5-8-16(21)2/h5-6,8,11,15,17,19H,7,9-10,12-14H2,1-4H3. The average Bonchev–Trinajstić information content (AvgIpc) is 2.98. The highest BCUT2D eigenvalue weighted by atomic mass is 32.2. The molecule has 0 saturated heterocycles. The minimum atomic E-state index is -3.59. The molecule has 158 valence electrons. The smallest absolute Gasteiger partial charge is 0.226 e. The molecule has 29 heavy (non-hydrogen) atoms. The Labute approximate surface area is 173 Å². The number of Topliss-reactive ketones (excluding diaryl/α,β-unsaturated/α-hetero) is 1. The third kappa shape index (κ3) is 5.35. The van der Waals surface area contributed by atoms with Crippen LogP contribution in [0, 0.1) is 31.6 Å². The van der Waals surface area contributed by atoms with Crippen LogP contribution in [0.2, 0.25) is 0 Å². The molecule has 3 unspecified atom stereocenters. The Hall–Kier alpha value is -1.95. The molecule has 0 spiro atoms. The van der Waals surface area contributed by atoms with Crippen LogP contribution in [0.5, 0.6) is 0 Å². The average molecular weight is 418 g/mol. The number of benzene rings is 1. The first-order valence-electron chi connectivity index (χ1n) is 10.4. The highest BCUT2D eigenvalue weighted by Gasteiger charge is 2.30. The van der Waals surface area contributed by atoms with Crippen molar-refractivity contribution < 1.29 is 17.6 Å². The summed E-state index contributed by atoms with van der Waals surface area (Å²) >= 11 is 0. The zero-order valence-electron chi connectivity index (χ0n) is 17.8. The molecule has 0 bridgehead atoms. The molecule has 1 saturated carbocycles. The van der Waals surface area contributed by atoms with Gasteiger partial charge in [-0.25, -0.2) is 13.4 Å². The van der Waals surface area contributed by atoms with Crippen molar-refractivity contribution in [1.29, 1.82) is 0 Å². The Kier molecular flexibility index (Phi) is 6.62. The molecule has 0 aliphatic heterocycles. The Bertz CT molecular complexity index is 977. The summed E-state index contributed by atoms with van der Waals surface area (Å²) < 4.78 is 31.0. The van der Waals surface area contributed by atoms with Gasteiger partial charge in [-0.3, -0.25) is 4.79 Å². The van der Waals surface area contributed by atoms with E-state index in [9.17, 15) is 13.2 Å². The number of aromatic nitrogens is 1. The second kappa shape index (κ2) is 8.82. The van der Waals surface area contributed by atoms with E-state index < -0.39 is 15.6 Å². The normalized spacial score (nSPS) is 22.6. The SMILES string of the molecule is Cc1ccccc1-c1nc(CS(=O)(=O)CC(=O)CC2CCCC(C)C2C)c(C)o1. The predicted molar refractivity (Wildman–Crippen MR) is 114 cm³/mol. The molecular weight excluding hydrogens is 386 g/mol. The van der Waals surface area contributed by atoms with Crippen molar-refractivity contribution in [2.45, 2.75) is 59.1 Å². The highest BCUT2D eigenvalue weighted by Crippen LogP contribution is 2.36. The van der Waals surface area contributed by atoms with Gasteiger partial charge in [0.05, 0.1) is 11.4 Å². The molecule has 0 N–H and O–H groups in total. The summed E-state index contributed by atoms with van der Waals surface area (Å²) in [6.45, 7) is 8.07. The fourth-order valence-electron chi connectivity index (χ4n) is 4.33. The molecule has 1 aliphatic rings. The lowest BCUT2D eigenvalue weighted by atomic mass is 9.72. The fraction of sp³-hybridized carbons (Fsp3) is 0.565. The maximum atomic E-state index is 12.7. The molecule has 5 nitrogen and oxygen atoms in total. The number of aryl methyl sites for hydroxylation is 2. The van der Waals surface area contributed by atoms with Crippen molar-refractivity contribution in [3.63, 3.8) is 0 Å². The van der Waals surface area contributed by atoms with Crippen LogP contribution >= 0.6 is 0 Å². The van der Waals surface area contributed by atoms with Gasteiger partial charge in [-0.1, -0.05) is 44.9 Å². The summed E-state index contributed by atoms with van der Waals surface area (Å²) in [6, 6.07) is 7.68. The first-order valence-corrected chi connectivity index (χ1v) is 12.2. The van der Waals surface area contributed by atoms with Gasteiger partial charge in [-0.05, 0) is 49.7 Å². The van der Waals surface area contributed by atoms with Crippen LogP contribution in [0.1, 0.15) is 56.5 Å². The van der Waals surface area contributed by atoms with Crippen molar-refractivity contribution in [1.82, 2.24) is 4.98 Å². The van der Waals surface area contributed by atoms with Crippen LogP contribution < -0.4 is 0 Å². The summed E-state index contributed by atoms with van der Waals surface area (Å²) in [5.74, 6) is 1.38. The van der Waals surface area contributed by atoms with E-state index in [1.165, 1.54) is 6.42 Å². The number of rotatable bonds is 7. The van der Waals surface area contributed by atoms with E-state index >= 15 is 0 Å². The van der Waals surface area contributed by atoms with Gasteiger partial charge in [-0.15, -0.1) is 0 Å². The number of sulfone groups is 1. The number of carbonyl (C=O) groups excluding carboxylic acids is 1. The van der Waals surface area contributed by atoms with Gasteiger partial charge in [-0.2, -0.15) is 0 Å². The molecular formula is C23H31NO4S. The van der Waals surface area contributed by atoms with Gasteiger partial charge < -0.3 is 4.42 Å². The molecule has 0 radical (unpaired) electrons. The Balaban J connectivity index is 1.67. The largest absolute Gasteiger partial charge is 0.441 e. The maximum Gasteiger partial charge on any atom is 0.226 e. The summed E-state index contributed by atoms with van der Waals surface area (Å²) in [6.07, 6.45) is 3.69. The zero-order valence-corrected chi connectivity index (χ0v) is 18.6. The first kappa shape index (κ1) is 21.8. The lowest BCUT2D eigenvalue weighted by Crippen LogP contribution is -2.28. The third-order valence-corrected chi connectivity index (χ3v) is 7.85. The molecule has 1 aliphatic carbocycles. The van der Waals surface area contributed by atoms with E-state index in [0.29, 0.717) is 41.5 Å². The van der Waals surface area contributed by atoms with Crippen LogP contribution in [0.3, 0.4) is 0 Å². The Morgan fingerprint density at radius 2 is 1.90 bits per heavy atom. The topological polar surface area (TPSA) is 77.2 Å². The fourth-order valence-corrected chi connectivity index (χ4v) is 5.72. The van der Waals surface area contributed by atoms with Gasteiger partial charge in [0, 0.05) is 12.0 Å². The number of carbonyl (C=O) groups is 1. The number of hydrogen-bond acceptors (Lipinski definition) is 5. The monoisotopic (exact) mass is 417 g/mol. The third-order valence-electron chi connectivity index (χ3n) is 6.37. The lowest BCUT2D eigenvalue weighted by molar-refractivity contribution is -0.118. The van der Waals surface area contributed by atoms with Gasteiger partial charge in [0.2, 0.25) is 5.89 Å². The molecule has 2 aromatic rings. The van der Waals surface area contributed by atoms with E-state index in [2.05, 4.69) is 18.8 Å². The molecule has 1 aromatic heterocycles. The van der Waals surface area contributed by atoms with Crippen LogP contribution in [0.25, 0.3) is 11.5 Å². The van der Waals surface area contributed by atoms with Crippen molar-refractivity contribution >= 4 is 15.6 Å². The summed E-state index contributed by atoms with van der Waals surface area (Å²) in [5, 5.41) is 0. The summed E-state index contributed by atoms with van der Waals surface area (Å²) in [4.78, 5) is 16.9. The number of nitrogens with zero attached hydrogens (tertiary/aromatic N) is 1. The predicted octanol–water partition coefficient (Wildman–Crippen LogP) is 4.90. The van der Waals surface area contributed by atoms with Crippen molar-refractivity contribution in [2.75, 3.05) is 5.75 Å². The van der Waals surface area contributed by atoms with Gasteiger partial charge in [0.25, 0.3) is 0 Å². The Morgan fingerprint density at radius 1 is 1.17 bits per heavy atom. The van der Waals surface area contributed by atoms with Gasteiger partial charge in [0.15, 0.2) is 9.84 Å².